The van der Waals surface area contributed by atoms with Gasteiger partial charge in [-0.15, -0.1) is 0 Å². The van der Waals surface area contributed by atoms with Gasteiger partial charge in [-0.2, -0.15) is 0 Å². The molecule has 0 aromatic rings. The maximum absolute atomic E-state index is 5.33. The molecule has 1 aliphatic heterocycles. The quantitative estimate of drug-likeness (QED) is 0.374. The fourth-order valence-electron chi connectivity index (χ4n) is 2.79. The average molecular weight is 144 g/mol. The summed E-state index contributed by atoms with van der Waals surface area (Å²) in [7, 11) is 0. The van der Waals surface area contributed by atoms with E-state index in [0.29, 0.717) is 0 Å². The first-order valence-corrected chi connectivity index (χ1v) is 4.26. The van der Waals surface area contributed by atoms with Crippen LogP contribution in [0.5, 0.6) is 0 Å². The van der Waals surface area contributed by atoms with Crippen LogP contribution in [-0.4, -0.2) is 0 Å². The minimum absolute atomic E-state index is 0.733. The molecule has 3 aliphatic carbocycles. The molecule has 2 bridgehead atoms. The fraction of sp³-hybridized carbons (Fsp3) is 0.400. The second kappa shape index (κ2) is 1.20. The second-order valence-electron chi connectivity index (χ2n) is 3.83. The topological polar surface area (TPSA) is 12.5 Å². The first kappa shape index (κ1) is 4.81. The van der Waals surface area contributed by atoms with Crippen molar-refractivity contribution in [3.63, 3.8) is 0 Å². The lowest BCUT2D eigenvalue weighted by Crippen LogP contribution is -2.05. The molecule has 4 rings (SSSR count). The van der Waals surface area contributed by atoms with Crippen molar-refractivity contribution in [2.45, 2.75) is 6.42 Å². The minimum Gasteiger partial charge on any atom is -0.450 e. The third-order valence-corrected chi connectivity index (χ3v) is 3.32. The lowest BCUT2D eigenvalue weighted by molar-refractivity contribution is 0.510. The highest BCUT2D eigenvalue weighted by Gasteiger charge is 2.50. The van der Waals surface area contributed by atoms with E-state index in [1.165, 1.54) is 17.9 Å². The molecule has 3 atom stereocenters. The van der Waals surface area contributed by atoms with E-state index in [0.717, 1.165) is 17.8 Å². The normalized spacial score (nSPS) is 47.3. The van der Waals surface area contributed by atoms with Crippen molar-refractivity contribution in [1.82, 2.24) is 0 Å². The maximum Gasteiger partial charge on any atom is 0.170 e. The van der Waals surface area contributed by atoms with Crippen molar-refractivity contribution in [1.29, 1.82) is 0 Å². The van der Waals surface area contributed by atoms with Crippen LogP contribution in [-0.2, 0) is 4.74 Å². The zero-order valence-electron chi connectivity index (χ0n) is 6.08. The molecule has 2 fully saturated rings. The van der Waals surface area contributed by atoms with E-state index in [1.54, 1.807) is 5.57 Å². The zero-order chi connectivity index (χ0) is 7.00. The molecule has 11 heavy (non-hydrogen) atoms. The lowest BCUT2D eigenvalue weighted by atomic mass is 9.91. The predicted molar refractivity (Wildman–Crippen MR) is 40.4 cm³/mol. The molecule has 1 nitrogen and oxygen atoms in total. The fourth-order valence-corrected chi connectivity index (χ4v) is 2.79. The minimum atomic E-state index is 0.733. The molecular formula is C10H8O. The summed E-state index contributed by atoms with van der Waals surface area (Å²) in [5.41, 5.74) is 1.59. The van der Waals surface area contributed by atoms with E-state index in [4.69, 9.17) is 4.74 Å². The Morgan fingerprint density at radius 2 is 2.36 bits per heavy atom. The second-order valence-corrected chi connectivity index (χ2v) is 3.83. The van der Waals surface area contributed by atoms with Crippen LogP contribution in [0.1, 0.15) is 6.42 Å². The number of hydrogen-bond acceptors (Lipinski definition) is 1. The van der Waals surface area contributed by atoms with Gasteiger partial charge in [0.2, 0.25) is 0 Å². The predicted octanol–water partition coefficient (Wildman–Crippen LogP) is 1.99. The molecule has 4 aliphatic rings. The molecule has 0 N–H and O–H groups in total. The van der Waals surface area contributed by atoms with Crippen molar-refractivity contribution >= 4 is 0 Å². The number of rotatable bonds is 0. The Hall–Kier alpha value is -0.980. The van der Waals surface area contributed by atoms with Crippen LogP contribution in [0.4, 0.5) is 0 Å². The third-order valence-electron chi connectivity index (χ3n) is 3.32. The standard InChI is InChI=1S/C10H8O/c1-2-6-3-5(1)7-4-8-10(11-8)9(6)7/h1-2,4-7H,3H2. The van der Waals surface area contributed by atoms with Gasteiger partial charge in [0.05, 0.1) is 0 Å². The van der Waals surface area contributed by atoms with Gasteiger partial charge in [-0.1, -0.05) is 12.2 Å². The van der Waals surface area contributed by atoms with E-state index >= 15 is 0 Å². The van der Waals surface area contributed by atoms with Crippen LogP contribution in [0.2, 0.25) is 0 Å². The number of epoxide rings is 1. The van der Waals surface area contributed by atoms with E-state index in [1.807, 2.05) is 0 Å². The lowest BCUT2D eigenvalue weighted by Gasteiger charge is -2.13. The molecule has 0 aromatic carbocycles. The highest BCUT2D eigenvalue weighted by atomic mass is 16.6. The zero-order valence-corrected chi connectivity index (χ0v) is 6.08. The van der Waals surface area contributed by atoms with Gasteiger partial charge in [0.15, 0.2) is 11.5 Å². The molecule has 0 spiro atoms. The molecule has 3 unspecified atom stereocenters. The van der Waals surface area contributed by atoms with Crippen molar-refractivity contribution in [2.75, 3.05) is 0 Å². The van der Waals surface area contributed by atoms with Crippen LogP contribution >= 0.6 is 0 Å². The van der Waals surface area contributed by atoms with Gasteiger partial charge in [-0.25, -0.2) is 0 Å². The molecule has 0 radical (unpaired) electrons. The van der Waals surface area contributed by atoms with Crippen LogP contribution < -0.4 is 0 Å². The Kier molecular flexibility index (Phi) is 0.523. The Balaban J connectivity index is 2.01. The van der Waals surface area contributed by atoms with E-state index < -0.39 is 0 Å². The highest BCUT2D eigenvalue weighted by molar-refractivity contribution is 5.54. The number of ether oxygens (including phenoxy) is 1. The molecule has 0 amide bonds. The van der Waals surface area contributed by atoms with Gasteiger partial charge < -0.3 is 4.74 Å². The van der Waals surface area contributed by atoms with Gasteiger partial charge in [-0.05, 0) is 24.0 Å². The van der Waals surface area contributed by atoms with E-state index in [9.17, 15) is 0 Å². The van der Waals surface area contributed by atoms with Gasteiger partial charge in [0, 0.05) is 11.8 Å². The van der Waals surface area contributed by atoms with Crippen LogP contribution in [0, 0.1) is 17.8 Å². The summed E-state index contributed by atoms with van der Waals surface area (Å²) < 4.78 is 5.33. The molecule has 0 aromatic heterocycles. The number of allylic oxidation sites excluding steroid dienone is 4. The van der Waals surface area contributed by atoms with Gasteiger partial charge in [-0.3, -0.25) is 0 Å². The Morgan fingerprint density at radius 3 is 3.27 bits per heavy atom. The number of fused-ring (bicyclic) bond motifs is 6. The van der Waals surface area contributed by atoms with E-state index in [2.05, 4.69) is 18.2 Å². The summed E-state index contributed by atoms with van der Waals surface area (Å²) >= 11 is 0. The van der Waals surface area contributed by atoms with Gasteiger partial charge >= 0.3 is 0 Å². The molecule has 1 saturated heterocycles. The molecule has 1 heteroatoms. The first-order valence-electron chi connectivity index (χ1n) is 4.26. The summed E-state index contributed by atoms with van der Waals surface area (Å²) in [6, 6.07) is 0. The van der Waals surface area contributed by atoms with Crippen molar-refractivity contribution < 1.29 is 4.74 Å². The third kappa shape index (κ3) is 0.384. The Morgan fingerprint density at radius 1 is 1.36 bits per heavy atom. The summed E-state index contributed by atoms with van der Waals surface area (Å²) in [5, 5.41) is 0. The van der Waals surface area contributed by atoms with Crippen molar-refractivity contribution in [2.24, 2.45) is 17.8 Å². The van der Waals surface area contributed by atoms with Crippen LogP contribution in [0.15, 0.2) is 35.3 Å². The van der Waals surface area contributed by atoms with Gasteiger partial charge in [0.1, 0.15) is 0 Å². The summed E-state index contributed by atoms with van der Waals surface area (Å²) in [6.07, 6.45) is 8.37. The Labute approximate surface area is 65.0 Å². The largest absolute Gasteiger partial charge is 0.450 e. The smallest absolute Gasteiger partial charge is 0.170 e. The average Bonchev–Trinajstić information content (AvgIpc) is 2.53. The van der Waals surface area contributed by atoms with Crippen molar-refractivity contribution in [3.05, 3.63) is 35.3 Å². The van der Waals surface area contributed by atoms with E-state index in [-0.39, 0.29) is 0 Å². The SMILES string of the molecule is C1=CC2CC1C1=C3OC3=CC12. The number of hydrogen-bond donors (Lipinski definition) is 0. The molecular weight excluding hydrogens is 136 g/mol. The summed E-state index contributed by atoms with van der Waals surface area (Å²) in [6.45, 7) is 0. The Bertz CT molecular complexity index is 346. The summed E-state index contributed by atoms with van der Waals surface area (Å²) in [5.74, 6) is 4.71. The molecule has 1 saturated carbocycles. The maximum atomic E-state index is 5.33. The van der Waals surface area contributed by atoms with Gasteiger partial charge in [0.25, 0.3) is 0 Å². The van der Waals surface area contributed by atoms with Crippen molar-refractivity contribution in [3.8, 4) is 0 Å². The van der Waals surface area contributed by atoms with Crippen LogP contribution in [0.3, 0.4) is 0 Å². The van der Waals surface area contributed by atoms with Crippen LogP contribution in [0.25, 0.3) is 0 Å². The first-order chi connectivity index (χ1) is 5.43. The molecule has 54 valence electrons. The molecule has 1 heterocycles. The highest BCUT2D eigenvalue weighted by Crippen LogP contribution is 2.59. The summed E-state index contributed by atoms with van der Waals surface area (Å²) in [4.78, 5) is 0. The monoisotopic (exact) mass is 144 g/mol.